The summed E-state index contributed by atoms with van der Waals surface area (Å²) >= 11 is 23.4. The zero-order valence-electron chi connectivity index (χ0n) is 10.6. The van der Waals surface area contributed by atoms with E-state index >= 15 is 0 Å². The van der Waals surface area contributed by atoms with Crippen molar-refractivity contribution in [3.63, 3.8) is 0 Å². The van der Waals surface area contributed by atoms with E-state index in [9.17, 15) is 0 Å². The summed E-state index contributed by atoms with van der Waals surface area (Å²) < 4.78 is 7.76. The van der Waals surface area contributed by atoms with Crippen LogP contribution in [0.4, 0.5) is 0 Å². The molecule has 2 rings (SSSR count). The molecule has 0 radical (unpaired) electrons. The van der Waals surface area contributed by atoms with Crippen molar-refractivity contribution in [3.8, 4) is 5.75 Å². The van der Waals surface area contributed by atoms with Gasteiger partial charge < -0.3 is 4.74 Å². The van der Waals surface area contributed by atoms with E-state index in [1.807, 2.05) is 24.3 Å². The van der Waals surface area contributed by atoms with Gasteiger partial charge in [0, 0.05) is 5.56 Å². The highest BCUT2D eigenvalue weighted by molar-refractivity contribution is 9.10. The van der Waals surface area contributed by atoms with E-state index in [4.69, 9.17) is 39.5 Å². The van der Waals surface area contributed by atoms with Crippen LogP contribution in [0.15, 0.2) is 28.7 Å². The van der Waals surface area contributed by atoms with E-state index in [1.165, 1.54) is 11.3 Å². The third-order valence-corrected chi connectivity index (χ3v) is 5.29. The van der Waals surface area contributed by atoms with Crippen LogP contribution in [-0.4, -0.2) is 6.61 Å². The first kappa shape index (κ1) is 16.4. The highest BCUT2D eigenvalue weighted by Gasteiger charge is 2.18. The molecule has 0 N–H and O–H groups in total. The first-order valence-corrected chi connectivity index (χ1v) is 8.84. The molecular formula is C14H12BrCl3OS. The average molecular weight is 415 g/mol. The smallest absolute Gasteiger partial charge is 0.133 e. The molecule has 0 aliphatic carbocycles. The maximum absolute atomic E-state index is 6.48. The molecule has 0 saturated carbocycles. The van der Waals surface area contributed by atoms with Gasteiger partial charge in [0.05, 0.1) is 25.1 Å². The van der Waals surface area contributed by atoms with Gasteiger partial charge in [0.15, 0.2) is 0 Å². The Bertz CT molecular complexity index is 600. The van der Waals surface area contributed by atoms with Gasteiger partial charge in [-0.15, -0.1) is 22.9 Å². The molecule has 1 atom stereocenters. The molecule has 0 aliphatic heterocycles. The van der Waals surface area contributed by atoms with E-state index < -0.39 is 0 Å². The second kappa shape index (κ2) is 7.37. The Labute approximate surface area is 145 Å². The van der Waals surface area contributed by atoms with Crippen LogP contribution in [-0.2, 0) is 0 Å². The maximum atomic E-state index is 6.48. The number of alkyl halides is 1. The predicted molar refractivity (Wildman–Crippen MR) is 92.0 cm³/mol. The van der Waals surface area contributed by atoms with E-state index in [1.54, 1.807) is 0 Å². The van der Waals surface area contributed by atoms with Crippen molar-refractivity contribution >= 4 is 62.1 Å². The lowest BCUT2D eigenvalue weighted by Crippen LogP contribution is -1.97. The van der Waals surface area contributed by atoms with Crippen LogP contribution in [0, 0.1) is 0 Å². The van der Waals surface area contributed by atoms with Crippen LogP contribution < -0.4 is 4.74 Å². The number of halogens is 4. The average Bonchev–Trinajstić information content (AvgIpc) is 2.75. The third-order valence-electron chi connectivity index (χ3n) is 2.67. The third kappa shape index (κ3) is 3.83. The lowest BCUT2D eigenvalue weighted by atomic mass is 10.1. The highest BCUT2D eigenvalue weighted by atomic mass is 79.9. The van der Waals surface area contributed by atoms with Gasteiger partial charge in [-0.3, -0.25) is 0 Å². The Morgan fingerprint density at radius 2 is 2.05 bits per heavy atom. The van der Waals surface area contributed by atoms with Gasteiger partial charge in [-0.2, -0.15) is 0 Å². The van der Waals surface area contributed by atoms with Crippen molar-refractivity contribution in [1.29, 1.82) is 0 Å². The minimum atomic E-state index is -0.331. The van der Waals surface area contributed by atoms with Crippen molar-refractivity contribution < 1.29 is 4.74 Å². The first-order valence-electron chi connectivity index (χ1n) is 6.04. The number of thiophene rings is 1. The number of hydrogen-bond acceptors (Lipinski definition) is 2. The molecule has 0 spiro atoms. The molecule has 0 amide bonds. The Balaban J connectivity index is 2.25. The van der Waals surface area contributed by atoms with Crippen LogP contribution in [0.3, 0.4) is 0 Å². The Morgan fingerprint density at radius 3 is 2.60 bits per heavy atom. The molecule has 1 nitrogen and oxygen atoms in total. The summed E-state index contributed by atoms with van der Waals surface area (Å²) in [5.41, 5.74) is 1.77. The first-order chi connectivity index (χ1) is 9.52. The summed E-state index contributed by atoms with van der Waals surface area (Å²) in [5.74, 6) is 0.814. The summed E-state index contributed by atoms with van der Waals surface area (Å²) in [6.07, 6.45) is 0.968. The van der Waals surface area contributed by atoms with Crippen molar-refractivity contribution in [2.24, 2.45) is 0 Å². The Kier molecular flexibility index (Phi) is 6.06. The van der Waals surface area contributed by atoms with Gasteiger partial charge in [-0.25, -0.2) is 0 Å². The molecular weight excluding hydrogens is 402 g/mol. The fourth-order valence-corrected chi connectivity index (χ4v) is 4.18. The van der Waals surface area contributed by atoms with Crippen LogP contribution in [0.2, 0.25) is 8.67 Å². The van der Waals surface area contributed by atoms with Crippen LogP contribution in [0.1, 0.15) is 29.8 Å². The number of hydrogen-bond donors (Lipinski definition) is 0. The van der Waals surface area contributed by atoms with E-state index in [0.717, 1.165) is 27.8 Å². The minimum absolute atomic E-state index is 0.331. The summed E-state index contributed by atoms with van der Waals surface area (Å²) in [6, 6.07) is 7.60. The molecule has 0 saturated heterocycles. The molecule has 1 unspecified atom stereocenters. The quantitative estimate of drug-likeness (QED) is 0.482. The zero-order chi connectivity index (χ0) is 14.7. The van der Waals surface area contributed by atoms with E-state index in [-0.39, 0.29) is 5.38 Å². The molecule has 1 heterocycles. The van der Waals surface area contributed by atoms with Gasteiger partial charge in [0.2, 0.25) is 0 Å². The summed E-state index contributed by atoms with van der Waals surface area (Å²) in [5, 5.41) is -0.331. The van der Waals surface area contributed by atoms with Crippen LogP contribution in [0.25, 0.3) is 0 Å². The fourth-order valence-electron chi connectivity index (χ4n) is 1.71. The SMILES string of the molecule is CCCOc1ccc(C(Cl)c2cc(Cl)sc2Cl)cc1Br. The van der Waals surface area contributed by atoms with E-state index in [2.05, 4.69) is 22.9 Å². The predicted octanol–water partition coefficient (Wildman–Crippen LogP) is 6.93. The van der Waals surface area contributed by atoms with Crippen molar-refractivity contribution in [2.45, 2.75) is 18.7 Å². The molecule has 108 valence electrons. The molecule has 2 aromatic rings. The molecule has 0 fully saturated rings. The zero-order valence-corrected chi connectivity index (χ0v) is 15.3. The van der Waals surface area contributed by atoms with Gasteiger partial charge in [0.25, 0.3) is 0 Å². The Morgan fingerprint density at radius 1 is 1.30 bits per heavy atom. The normalized spacial score (nSPS) is 12.4. The van der Waals surface area contributed by atoms with Gasteiger partial charge in [0.1, 0.15) is 5.75 Å². The molecule has 6 heteroatoms. The lowest BCUT2D eigenvalue weighted by molar-refractivity contribution is 0.315. The molecule has 0 aliphatic rings. The molecule has 0 bridgehead atoms. The van der Waals surface area contributed by atoms with E-state index in [0.29, 0.717) is 15.3 Å². The lowest BCUT2D eigenvalue weighted by Gasteiger charge is -2.12. The van der Waals surface area contributed by atoms with Crippen molar-refractivity contribution in [2.75, 3.05) is 6.61 Å². The summed E-state index contributed by atoms with van der Waals surface area (Å²) in [6.45, 7) is 2.76. The highest BCUT2D eigenvalue weighted by Crippen LogP contribution is 2.41. The fraction of sp³-hybridized carbons (Fsp3) is 0.286. The second-order valence-electron chi connectivity index (χ2n) is 4.18. The number of ether oxygens (including phenoxy) is 1. The van der Waals surface area contributed by atoms with Crippen LogP contribution >= 0.6 is 62.1 Å². The topological polar surface area (TPSA) is 9.23 Å². The standard InChI is InChI=1S/C14H12BrCl3OS/c1-2-5-19-11-4-3-8(6-10(11)15)13(17)9-7-12(16)20-14(9)18/h3-4,6-7,13H,2,5H2,1H3. The number of rotatable bonds is 5. The van der Waals surface area contributed by atoms with Gasteiger partial charge in [-0.05, 0) is 46.1 Å². The summed E-state index contributed by atoms with van der Waals surface area (Å²) in [4.78, 5) is 0. The minimum Gasteiger partial charge on any atom is -0.492 e. The van der Waals surface area contributed by atoms with Crippen molar-refractivity contribution in [3.05, 3.63) is 48.5 Å². The maximum Gasteiger partial charge on any atom is 0.133 e. The summed E-state index contributed by atoms with van der Waals surface area (Å²) in [7, 11) is 0. The largest absolute Gasteiger partial charge is 0.492 e. The van der Waals surface area contributed by atoms with Gasteiger partial charge in [-0.1, -0.05) is 36.2 Å². The van der Waals surface area contributed by atoms with Crippen LogP contribution in [0.5, 0.6) is 5.75 Å². The molecule has 1 aromatic carbocycles. The second-order valence-corrected chi connectivity index (χ2v) is 7.76. The van der Waals surface area contributed by atoms with Crippen molar-refractivity contribution in [1.82, 2.24) is 0 Å². The molecule has 1 aromatic heterocycles. The number of benzene rings is 1. The van der Waals surface area contributed by atoms with Gasteiger partial charge >= 0.3 is 0 Å². The monoisotopic (exact) mass is 412 g/mol. The Hall–Kier alpha value is 0.0700. The molecule has 20 heavy (non-hydrogen) atoms.